The van der Waals surface area contributed by atoms with E-state index in [1.165, 1.54) is 11.3 Å². The zero-order valence-electron chi connectivity index (χ0n) is 9.94. The van der Waals surface area contributed by atoms with Gasteiger partial charge in [0.05, 0.1) is 17.0 Å². The van der Waals surface area contributed by atoms with E-state index in [0.717, 1.165) is 0 Å². The molecule has 1 fully saturated rings. The second kappa shape index (κ2) is 4.99. The molecule has 3 rings (SSSR count). The van der Waals surface area contributed by atoms with Crippen molar-refractivity contribution in [2.45, 2.75) is 12.5 Å². The van der Waals surface area contributed by atoms with E-state index < -0.39 is 9.84 Å². The van der Waals surface area contributed by atoms with Crippen LogP contribution in [0.15, 0.2) is 15.4 Å². The molecule has 0 aliphatic carbocycles. The van der Waals surface area contributed by atoms with Gasteiger partial charge in [-0.15, -0.1) is 11.3 Å². The SMILES string of the molecule is O=S1(=O)CCNC(Cc2nc(-c3cscn3)no2)C1. The molecule has 9 heteroatoms. The molecule has 0 spiro atoms. The first-order chi connectivity index (χ1) is 9.12. The molecule has 1 aliphatic heterocycles. The van der Waals surface area contributed by atoms with Gasteiger partial charge in [-0.05, 0) is 0 Å². The normalized spacial score (nSPS) is 22.4. The highest BCUT2D eigenvalue weighted by molar-refractivity contribution is 7.91. The van der Waals surface area contributed by atoms with E-state index in [-0.39, 0.29) is 17.5 Å². The molecule has 2 aromatic rings. The number of hydrogen-bond acceptors (Lipinski definition) is 8. The van der Waals surface area contributed by atoms with Crippen LogP contribution < -0.4 is 5.32 Å². The Morgan fingerprint density at radius 3 is 3.16 bits per heavy atom. The summed E-state index contributed by atoms with van der Waals surface area (Å²) < 4.78 is 28.2. The summed E-state index contributed by atoms with van der Waals surface area (Å²) in [5, 5.41) is 8.82. The molecule has 0 bridgehead atoms. The molecule has 0 radical (unpaired) electrons. The van der Waals surface area contributed by atoms with Crippen LogP contribution in [0.1, 0.15) is 5.89 Å². The van der Waals surface area contributed by atoms with E-state index in [4.69, 9.17) is 4.52 Å². The molecule has 1 saturated heterocycles. The number of sulfone groups is 1. The third-order valence-electron chi connectivity index (χ3n) is 2.85. The van der Waals surface area contributed by atoms with Gasteiger partial charge in [-0.25, -0.2) is 13.4 Å². The summed E-state index contributed by atoms with van der Waals surface area (Å²) in [5.74, 6) is 1.17. The molecule has 0 aromatic carbocycles. The molecular weight excluding hydrogens is 288 g/mol. The van der Waals surface area contributed by atoms with Gasteiger partial charge in [0.1, 0.15) is 5.69 Å². The summed E-state index contributed by atoms with van der Waals surface area (Å²) in [6, 6.07) is -0.164. The third kappa shape index (κ3) is 2.99. The van der Waals surface area contributed by atoms with Crippen LogP contribution in [0.3, 0.4) is 0 Å². The first-order valence-electron chi connectivity index (χ1n) is 5.77. The number of thiazole rings is 1. The minimum atomic E-state index is -2.95. The highest BCUT2D eigenvalue weighted by atomic mass is 32.2. The van der Waals surface area contributed by atoms with E-state index in [1.54, 1.807) is 5.51 Å². The molecule has 102 valence electrons. The maximum absolute atomic E-state index is 11.5. The van der Waals surface area contributed by atoms with Gasteiger partial charge in [-0.3, -0.25) is 0 Å². The highest BCUT2D eigenvalue weighted by Crippen LogP contribution is 2.16. The van der Waals surface area contributed by atoms with Crippen LogP contribution in [0.2, 0.25) is 0 Å². The Balaban J connectivity index is 1.71. The van der Waals surface area contributed by atoms with Crippen molar-refractivity contribution in [3.05, 3.63) is 16.8 Å². The Labute approximate surface area is 114 Å². The summed E-state index contributed by atoms with van der Waals surface area (Å²) >= 11 is 1.45. The summed E-state index contributed by atoms with van der Waals surface area (Å²) in [7, 11) is -2.95. The molecule has 1 atom stereocenters. The van der Waals surface area contributed by atoms with Gasteiger partial charge in [-0.2, -0.15) is 4.98 Å². The average Bonchev–Trinajstić information content (AvgIpc) is 2.96. The summed E-state index contributed by atoms with van der Waals surface area (Å²) in [6.07, 6.45) is 0.413. The van der Waals surface area contributed by atoms with E-state index in [9.17, 15) is 8.42 Å². The molecule has 1 unspecified atom stereocenters. The number of hydrogen-bond donors (Lipinski definition) is 1. The largest absolute Gasteiger partial charge is 0.339 e. The molecule has 1 aliphatic rings. The quantitative estimate of drug-likeness (QED) is 0.859. The van der Waals surface area contributed by atoms with Gasteiger partial charge in [0.25, 0.3) is 0 Å². The topological polar surface area (TPSA) is 98.0 Å². The fourth-order valence-electron chi connectivity index (χ4n) is 1.97. The molecule has 2 aromatic heterocycles. The van der Waals surface area contributed by atoms with E-state index in [0.29, 0.717) is 30.4 Å². The first-order valence-corrected chi connectivity index (χ1v) is 8.54. The predicted molar refractivity (Wildman–Crippen MR) is 69.6 cm³/mol. The first kappa shape index (κ1) is 12.7. The van der Waals surface area contributed by atoms with Gasteiger partial charge in [0, 0.05) is 24.4 Å². The van der Waals surface area contributed by atoms with Crippen molar-refractivity contribution in [1.82, 2.24) is 20.4 Å². The molecule has 0 saturated carbocycles. The van der Waals surface area contributed by atoms with Crippen molar-refractivity contribution < 1.29 is 12.9 Å². The van der Waals surface area contributed by atoms with Gasteiger partial charge in [0.15, 0.2) is 9.84 Å². The van der Waals surface area contributed by atoms with Crippen LogP contribution in [0.4, 0.5) is 0 Å². The van der Waals surface area contributed by atoms with Gasteiger partial charge in [0.2, 0.25) is 11.7 Å². The highest BCUT2D eigenvalue weighted by Gasteiger charge is 2.26. The minimum Gasteiger partial charge on any atom is -0.339 e. The molecule has 0 amide bonds. The van der Waals surface area contributed by atoms with Crippen molar-refractivity contribution in [3.63, 3.8) is 0 Å². The van der Waals surface area contributed by atoms with Gasteiger partial charge >= 0.3 is 0 Å². The van der Waals surface area contributed by atoms with Crippen LogP contribution >= 0.6 is 11.3 Å². The molecule has 7 nitrogen and oxygen atoms in total. The van der Waals surface area contributed by atoms with Crippen molar-refractivity contribution in [2.75, 3.05) is 18.1 Å². The third-order valence-corrected chi connectivity index (χ3v) is 5.17. The Kier molecular flexibility index (Phi) is 3.33. The number of nitrogens with one attached hydrogen (secondary N) is 1. The molecule has 1 N–H and O–H groups in total. The Morgan fingerprint density at radius 1 is 1.53 bits per heavy atom. The van der Waals surface area contributed by atoms with Crippen molar-refractivity contribution >= 4 is 21.2 Å². The molecule has 3 heterocycles. The second-order valence-corrected chi connectivity index (χ2v) is 7.30. The summed E-state index contributed by atoms with van der Waals surface area (Å²) in [4.78, 5) is 8.32. The monoisotopic (exact) mass is 300 g/mol. The number of rotatable bonds is 3. The van der Waals surface area contributed by atoms with E-state index >= 15 is 0 Å². The minimum absolute atomic E-state index is 0.113. The van der Waals surface area contributed by atoms with Crippen LogP contribution in [-0.2, 0) is 16.3 Å². The Hall–Kier alpha value is -1.32. The number of aromatic nitrogens is 3. The van der Waals surface area contributed by atoms with Crippen molar-refractivity contribution in [3.8, 4) is 11.5 Å². The summed E-state index contributed by atoms with van der Waals surface area (Å²) in [5.41, 5.74) is 2.37. The average molecular weight is 300 g/mol. The second-order valence-electron chi connectivity index (χ2n) is 4.35. The molecule has 19 heavy (non-hydrogen) atoms. The predicted octanol–water partition coefficient (Wildman–Crippen LogP) is 0.122. The van der Waals surface area contributed by atoms with E-state index in [2.05, 4.69) is 20.4 Å². The number of nitrogens with zero attached hydrogens (tertiary/aromatic N) is 3. The zero-order chi connectivity index (χ0) is 13.3. The van der Waals surface area contributed by atoms with Crippen molar-refractivity contribution in [1.29, 1.82) is 0 Å². The lowest BCUT2D eigenvalue weighted by Crippen LogP contribution is -2.46. The van der Waals surface area contributed by atoms with Crippen LogP contribution in [0, 0.1) is 0 Å². The zero-order valence-corrected chi connectivity index (χ0v) is 11.6. The maximum atomic E-state index is 11.5. The lowest BCUT2D eigenvalue weighted by molar-refractivity contribution is 0.361. The standard InChI is InChI=1S/C10H12N4O3S2/c15-19(16)2-1-11-7(5-19)3-9-13-10(14-17-9)8-4-18-6-12-8/h4,6-7,11H,1-3,5H2. The smallest absolute Gasteiger partial charge is 0.228 e. The Bertz CT molecular complexity index is 650. The summed E-state index contributed by atoms with van der Waals surface area (Å²) in [6.45, 7) is 0.472. The van der Waals surface area contributed by atoms with Gasteiger partial charge < -0.3 is 9.84 Å². The fraction of sp³-hybridized carbons (Fsp3) is 0.500. The van der Waals surface area contributed by atoms with Crippen molar-refractivity contribution in [2.24, 2.45) is 0 Å². The Morgan fingerprint density at radius 2 is 2.42 bits per heavy atom. The molecular formula is C10H12N4O3S2. The lowest BCUT2D eigenvalue weighted by Gasteiger charge is -2.21. The van der Waals surface area contributed by atoms with E-state index in [1.807, 2.05) is 5.38 Å². The van der Waals surface area contributed by atoms with Crippen LogP contribution in [0.25, 0.3) is 11.5 Å². The fourth-order valence-corrected chi connectivity index (χ4v) is 3.95. The maximum Gasteiger partial charge on any atom is 0.228 e. The van der Waals surface area contributed by atoms with Gasteiger partial charge in [-0.1, -0.05) is 5.16 Å². The van der Waals surface area contributed by atoms with Crippen LogP contribution in [-0.4, -0.2) is 47.6 Å². The van der Waals surface area contributed by atoms with Crippen LogP contribution in [0.5, 0.6) is 0 Å². The lowest BCUT2D eigenvalue weighted by atomic mass is 10.2.